The van der Waals surface area contributed by atoms with Gasteiger partial charge in [-0.1, -0.05) is 27.7 Å². The standard InChI is InChI=1S/C18H37N3O/c1-6-19-18(21-12-15(4)10-16(5)13-21)20-11-17(7-8-22)9-14(2)3/h14-17,22H,6-13H2,1-5H3,(H,19,20). The number of aliphatic hydroxyl groups is 1. The van der Waals surface area contributed by atoms with Crippen molar-refractivity contribution in [1.82, 2.24) is 10.2 Å². The summed E-state index contributed by atoms with van der Waals surface area (Å²) in [6, 6.07) is 0. The molecule has 130 valence electrons. The van der Waals surface area contributed by atoms with Gasteiger partial charge in [-0.3, -0.25) is 4.99 Å². The van der Waals surface area contributed by atoms with Crippen LogP contribution in [0.3, 0.4) is 0 Å². The molecule has 4 nitrogen and oxygen atoms in total. The third-order valence-corrected chi connectivity index (χ3v) is 4.34. The quantitative estimate of drug-likeness (QED) is 0.561. The molecule has 1 saturated heterocycles. The summed E-state index contributed by atoms with van der Waals surface area (Å²) < 4.78 is 0. The molecule has 0 radical (unpaired) electrons. The Labute approximate surface area is 137 Å². The molecule has 4 heteroatoms. The number of nitrogens with zero attached hydrogens (tertiary/aromatic N) is 2. The third-order valence-electron chi connectivity index (χ3n) is 4.34. The first-order valence-electron chi connectivity index (χ1n) is 9.10. The Morgan fingerprint density at radius 3 is 2.41 bits per heavy atom. The zero-order valence-electron chi connectivity index (χ0n) is 15.3. The zero-order valence-corrected chi connectivity index (χ0v) is 15.3. The summed E-state index contributed by atoms with van der Waals surface area (Å²) in [5.74, 6) is 3.67. The molecule has 1 rings (SSSR count). The van der Waals surface area contributed by atoms with Crippen molar-refractivity contribution in [1.29, 1.82) is 0 Å². The lowest BCUT2D eigenvalue weighted by atomic mass is 9.92. The van der Waals surface area contributed by atoms with Gasteiger partial charge in [0.25, 0.3) is 0 Å². The highest BCUT2D eigenvalue weighted by atomic mass is 16.3. The van der Waals surface area contributed by atoms with Crippen LogP contribution in [-0.4, -0.2) is 48.8 Å². The molecule has 0 aromatic rings. The molecule has 3 unspecified atom stereocenters. The molecule has 0 aromatic carbocycles. The van der Waals surface area contributed by atoms with Crippen LogP contribution in [0.25, 0.3) is 0 Å². The number of piperidine rings is 1. The molecule has 2 N–H and O–H groups in total. The maximum Gasteiger partial charge on any atom is 0.193 e. The van der Waals surface area contributed by atoms with Gasteiger partial charge in [-0.05, 0) is 49.9 Å². The highest BCUT2D eigenvalue weighted by Gasteiger charge is 2.24. The minimum absolute atomic E-state index is 0.265. The Bertz CT molecular complexity index is 320. The Kier molecular flexibility index (Phi) is 8.84. The molecule has 3 atom stereocenters. The number of nitrogens with one attached hydrogen (secondary N) is 1. The van der Waals surface area contributed by atoms with Gasteiger partial charge in [-0.15, -0.1) is 0 Å². The van der Waals surface area contributed by atoms with E-state index < -0.39 is 0 Å². The van der Waals surface area contributed by atoms with E-state index in [0.29, 0.717) is 11.8 Å². The summed E-state index contributed by atoms with van der Waals surface area (Å²) in [6.07, 6.45) is 3.31. The van der Waals surface area contributed by atoms with E-state index in [1.165, 1.54) is 6.42 Å². The second kappa shape index (κ2) is 10.1. The summed E-state index contributed by atoms with van der Waals surface area (Å²) >= 11 is 0. The fourth-order valence-corrected chi connectivity index (χ4v) is 3.61. The van der Waals surface area contributed by atoms with E-state index in [9.17, 15) is 5.11 Å². The number of aliphatic hydroxyl groups excluding tert-OH is 1. The number of hydrogen-bond donors (Lipinski definition) is 2. The van der Waals surface area contributed by atoms with Crippen molar-refractivity contribution in [2.45, 2.75) is 53.9 Å². The van der Waals surface area contributed by atoms with Crippen LogP contribution in [0.15, 0.2) is 4.99 Å². The summed E-state index contributed by atoms with van der Waals surface area (Å²) in [4.78, 5) is 7.32. The zero-order chi connectivity index (χ0) is 16.5. The molecule has 0 saturated carbocycles. The van der Waals surface area contributed by atoms with Crippen LogP contribution in [0.2, 0.25) is 0 Å². The van der Waals surface area contributed by atoms with Gasteiger partial charge in [-0.2, -0.15) is 0 Å². The Morgan fingerprint density at radius 2 is 1.91 bits per heavy atom. The highest BCUT2D eigenvalue weighted by Crippen LogP contribution is 2.21. The minimum atomic E-state index is 0.265. The maximum atomic E-state index is 9.26. The smallest absolute Gasteiger partial charge is 0.193 e. The molecule has 1 fully saturated rings. The van der Waals surface area contributed by atoms with Crippen molar-refractivity contribution in [2.75, 3.05) is 32.8 Å². The number of guanidine groups is 1. The molecule has 1 aliphatic heterocycles. The van der Waals surface area contributed by atoms with Crippen LogP contribution in [0.1, 0.15) is 53.9 Å². The van der Waals surface area contributed by atoms with Gasteiger partial charge in [0.1, 0.15) is 0 Å². The lowest BCUT2D eigenvalue weighted by Gasteiger charge is -2.37. The van der Waals surface area contributed by atoms with Crippen molar-refractivity contribution < 1.29 is 5.11 Å². The van der Waals surface area contributed by atoms with Gasteiger partial charge in [-0.25, -0.2) is 0 Å². The summed E-state index contributed by atoms with van der Waals surface area (Å²) in [6.45, 7) is 15.5. The van der Waals surface area contributed by atoms with Crippen molar-refractivity contribution in [2.24, 2.45) is 28.7 Å². The topological polar surface area (TPSA) is 47.9 Å². The Hall–Kier alpha value is -0.770. The van der Waals surface area contributed by atoms with Gasteiger partial charge in [0.15, 0.2) is 5.96 Å². The molecule has 0 amide bonds. The second-order valence-electron chi connectivity index (χ2n) is 7.55. The highest BCUT2D eigenvalue weighted by molar-refractivity contribution is 5.80. The normalized spacial score (nSPS) is 24.7. The van der Waals surface area contributed by atoms with Crippen molar-refractivity contribution in [3.8, 4) is 0 Å². The summed E-state index contributed by atoms with van der Waals surface area (Å²) in [7, 11) is 0. The van der Waals surface area contributed by atoms with Crippen LogP contribution < -0.4 is 5.32 Å². The van der Waals surface area contributed by atoms with Gasteiger partial charge in [0.05, 0.1) is 0 Å². The molecule has 0 aliphatic carbocycles. The molecule has 1 heterocycles. The van der Waals surface area contributed by atoms with Crippen LogP contribution in [0.4, 0.5) is 0 Å². The molecular formula is C18H37N3O. The van der Waals surface area contributed by atoms with E-state index in [4.69, 9.17) is 4.99 Å². The molecule has 1 aliphatic rings. The second-order valence-corrected chi connectivity index (χ2v) is 7.55. The average Bonchev–Trinajstić information content (AvgIpc) is 2.41. The molecule has 0 bridgehead atoms. The van der Waals surface area contributed by atoms with E-state index in [0.717, 1.165) is 56.8 Å². The number of likely N-dealkylation sites (tertiary alicyclic amines) is 1. The van der Waals surface area contributed by atoms with E-state index in [2.05, 4.69) is 44.8 Å². The SMILES string of the molecule is CCNC(=NCC(CCO)CC(C)C)N1CC(C)CC(C)C1. The molecule has 0 aromatic heterocycles. The largest absolute Gasteiger partial charge is 0.396 e. The van der Waals surface area contributed by atoms with Gasteiger partial charge in [0, 0.05) is 32.8 Å². The molecule has 0 spiro atoms. The Balaban J connectivity index is 2.70. The predicted molar refractivity (Wildman–Crippen MR) is 95.1 cm³/mol. The fraction of sp³-hybridized carbons (Fsp3) is 0.944. The van der Waals surface area contributed by atoms with Crippen molar-refractivity contribution in [3.63, 3.8) is 0 Å². The monoisotopic (exact) mass is 311 g/mol. The van der Waals surface area contributed by atoms with Crippen LogP contribution in [0.5, 0.6) is 0 Å². The van der Waals surface area contributed by atoms with Crippen LogP contribution in [-0.2, 0) is 0 Å². The van der Waals surface area contributed by atoms with E-state index in [1.54, 1.807) is 0 Å². The lowest BCUT2D eigenvalue weighted by molar-refractivity contribution is 0.207. The number of hydrogen-bond acceptors (Lipinski definition) is 2. The minimum Gasteiger partial charge on any atom is -0.396 e. The lowest BCUT2D eigenvalue weighted by Crippen LogP contribution is -2.48. The van der Waals surface area contributed by atoms with Crippen molar-refractivity contribution >= 4 is 5.96 Å². The first-order valence-corrected chi connectivity index (χ1v) is 9.10. The predicted octanol–water partition coefficient (Wildman–Crippen LogP) is 2.97. The first-order chi connectivity index (χ1) is 10.5. The van der Waals surface area contributed by atoms with Gasteiger partial charge in [0.2, 0.25) is 0 Å². The van der Waals surface area contributed by atoms with E-state index in [1.807, 2.05) is 0 Å². The van der Waals surface area contributed by atoms with Crippen LogP contribution in [0, 0.1) is 23.7 Å². The van der Waals surface area contributed by atoms with Gasteiger partial charge >= 0.3 is 0 Å². The summed E-state index contributed by atoms with van der Waals surface area (Å²) in [5, 5.41) is 12.7. The van der Waals surface area contributed by atoms with E-state index in [-0.39, 0.29) is 6.61 Å². The average molecular weight is 312 g/mol. The summed E-state index contributed by atoms with van der Waals surface area (Å²) in [5.41, 5.74) is 0. The van der Waals surface area contributed by atoms with Crippen LogP contribution >= 0.6 is 0 Å². The molecule has 22 heavy (non-hydrogen) atoms. The van der Waals surface area contributed by atoms with Gasteiger partial charge < -0.3 is 15.3 Å². The fourth-order valence-electron chi connectivity index (χ4n) is 3.61. The molecular weight excluding hydrogens is 274 g/mol. The number of rotatable bonds is 7. The van der Waals surface area contributed by atoms with E-state index >= 15 is 0 Å². The third kappa shape index (κ3) is 6.99. The Morgan fingerprint density at radius 1 is 1.27 bits per heavy atom. The first kappa shape index (κ1) is 19.3. The van der Waals surface area contributed by atoms with Crippen molar-refractivity contribution in [3.05, 3.63) is 0 Å². The number of aliphatic imine (C=N–C) groups is 1. The maximum absolute atomic E-state index is 9.26.